The summed E-state index contributed by atoms with van der Waals surface area (Å²) >= 11 is 0. The number of benzene rings is 2. The Hall–Kier alpha value is -2.70. The smallest absolute Gasteiger partial charge is 0.389 e. The lowest BCUT2D eigenvalue weighted by atomic mass is 10.1. The molecule has 0 unspecified atom stereocenters. The number of nitrogens with one attached hydrogen (secondary N) is 1. The largest absolute Gasteiger partial charge is 0.489 e. The van der Waals surface area contributed by atoms with Crippen molar-refractivity contribution in [3.05, 3.63) is 58.9 Å². The van der Waals surface area contributed by atoms with Gasteiger partial charge >= 0.3 is 6.61 Å². The van der Waals surface area contributed by atoms with Crippen LogP contribution in [0.3, 0.4) is 0 Å². The van der Waals surface area contributed by atoms with Gasteiger partial charge in [-0.15, -0.1) is 0 Å². The average molecular weight is 355 g/mol. The van der Waals surface area contributed by atoms with E-state index in [9.17, 15) is 13.2 Å². The number of hydrogen-bond acceptors (Lipinski definition) is 4. The Kier molecular flexibility index (Phi) is 8.32. The van der Waals surface area contributed by atoms with Crippen LogP contribution in [0.5, 0.6) is 5.75 Å². The van der Waals surface area contributed by atoms with E-state index in [0.717, 1.165) is 16.8 Å². The number of carbonyl (C=O) groups is 1. The van der Waals surface area contributed by atoms with E-state index in [4.69, 9.17) is 9.53 Å². The monoisotopic (exact) mass is 355 g/mol. The van der Waals surface area contributed by atoms with Crippen LogP contribution in [0, 0.1) is 19.7 Å². The van der Waals surface area contributed by atoms with Gasteiger partial charge < -0.3 is 14.8 Å². The summed E-state index contributed by atoms with van der Waals surface area (Å²) < 4.78 is 43.0. The van der Waals surface area contributed by atoms with Gasteiger partial charge in [0.1, 0.15) is 18.2 Å². The third-order valence-corrected chi connectivity index (χ3v) is 3.29. The molecule has 0 aliphatic heterocycles. The number of halogens is 3. The van der Waals surface area contributed by atoms with E-state index in [1.165, 1.54) is 17.7 Å². The van der Waals surface area contributed by atoms with Crippen LogP contribution in [0.15, 0.2) is 36.4 Å². The Morgan fingerprint density at radius 3 is 2.40 bits per heavy atom. The molecule has 0 aliphatic carbocycles. The van der Waals surface area contributed by atoms with Crippen LogP contribution >= 0.6 is 0 Å². The molecule has 0 aliphatic rings. The van der Waals surface area contributed by atoms with Crippen molar-refractivity contribution in [3.8, 4) is 5.75 Å². The first-order valence-electron chi connectivity index (χ1n) is 7.41. The summed E-state index contributed by atoms with van der Waals surface area (Å²) in [7, 11) is 1.90. The van der Waals surface area contributed by atoms with Crippen molar-refractivity contribution < 1.29 is 27.4 Å². The Bertz CT molecular complexity index is 693. The second kappa shape index (κ2) is 10.2. The van der Waals surface area contributed by atoms with Crippen molar-refractivity contribution in [1.29, 1.82) is 0 Å². The molecule has 7 heteroatoms. The third-order valence-electron chi connectivity index (χ3n) is 3.29. The summed E-state index contributed by atoms with van der Waals surface area (Å²) in [6.45, 7) is 1.09. The Morgan fingerprint density at radius 2 is 1.88 bits per heavy atom. The summed E-state index contributed by atoms with van der Waals surface area (Å²) in [5, 5.41) is 3.18. The van der Waals surface area contributed by atoms with Gasteiger partial charge in [0.2, 0.25) is 0 Å². The molecule has 0 saturated carbocycles. The van der Waals surface area contributed by atoms with Gasteiger partial charge in [-0.25, -0.2) is 4.39 Å². The summed E-state index contributed by atoms with van der Waals surface area (Å²) in [4.78, 5) is 8.91. The van der Waals surface area contributed by atoms with Crippen molar-refractivity contribution in [2.24, 2.45) is 0 Å². The fourth-order valence-corrected chi connectivity index (χ4v) is 2.18. The van der Waals surface area contributed by atoms with Crippen LogP contribution in [0.1, 0.15) is 16.7 Å². The first-order chi connectivity index (χ1) is 11.9. The minimum absolute atomic E-state index is 0.240. The predicted octanol–water partition coefficient (Wildman–Crippen LogP) is 4.45. The van der Waals surface area contributed by atoms with Crippen molar-refractivity contribution in [1.82, 2.24) is 0 Å². The number of aryl methyl sites for hydroxylation is 2. The SMILES string of the molecule is CNc1c(C)cccc1COc1ccc(F)cc1C.O=COC(F)F. The summed E-state index contributed by atoms with van der Waals surface area (Å²) in [5.41, 5.74) is 4.16. The standard InChI is InChI=1S/C16H18FNO.C2H2F2O2/c1-11-5-4-6-13(16(11)18-3)10-19-15-8-7-14(17)9-12(15)2;3-2(4)6-1-5/h4-9,18H,10H2,1-3H3;1-2H. The normalized spacial score (nSPS) is 9.88. The molecule has 0 radical (unpaired) electrons. The molecule has 1 N–H and O–H groups in total. The molecule has 0 spiro atoms. The molecule has 0 saturated heterocycles. The first-order valence-corrected chi connectivity index (χ1v) is 7.41. The summed E-state index contributed by atoms with van der Waals surface area (Å²) in [6.07, 6.45) is 0. The van der Waals surface area contributed by atoms with E-state index >= 15 is 0 Å². The number of para-hydroxylation sites is 1. The molecule has 4 nitrogen and oxygen atoms in total. The summed E-state index contributed by atoms with van der Waals surface area (Å²) in [6, 6.07) is 10.6. The number of rotatable bonds is 6. The molecule has 0 amide bonds. The van der Waals surface area contributed by atoms with Gasteiger partial charge in [0.15, 0.2) is 0 Å². The Labute approximate surface area is 144 Å². The lowest BCUT2D eigenvalue weighted by Gasteiger charge is -2.14. The third kappa shape index (κ3) is 6.74. The Balaban J connectivity index is 0.000000450. The van der Waals surface area contributed by atoms with Crippen molar-refractivity contribution in [2.45, 2.75) is 27.1 Å². The van der Waals surface area contributed by atoms with E-state index in [2.05, 4.69) is 23.0 Å². The average Bonchev–Trinajstić information content (AvgIpc) is 2.54. The Morgan fingerprint density at radius 1 is 1.16 bits per heavy atom. The van der Waals surface area contributed by atoms with Gasteiger partial charge in [-0.2, -0.15) is 8.78 Å². The lowest BCUT2D eigenvalue weighted by Crippen LogP contribution is -2.03. The number of carbonyl (C=O) groups excluding carboxylic acids is 1. The zero-order valence-electron chi connectivity index (χ0n) is 14.2. The number of anilines is 1. The van der Waals surface area contributed by atoms with E-state index in [0.29, 0.717) is 12.4 Å². The van der Waals surface area contributed by atoms with E-state index in [-0.39, 0.29) is 12.3 Å². The first kappa shape index (κ1) is 20.3. The van der Waals surface area contributed by atoms with Crippen LogP contribution in [0.25, 0.3) is 0 Å². The maximum atomic E-state index is 13.0. The topological polar surface area (TPSA) is 47.6 Å². The minimum atomic E-state index is -2.97. The molecule has 25 heavy (non-hydrogen) atoms. The molecule has 2 aromatic carbocycles. The van der Waals surface area contributed by atoms with Gasteiger partial charge in [0, 0.05) is 18.3 Å². The minimum Gasteiger partial charge on any atom is -0.489 e. The fourth-order valence-electron chi connectivity index (χ4n) is 2.18. The number of hydrogen-bond donors (Lipinski definition) is 1. The quantitative estimate of drug-likeness (QED) is 0.778. The molecule has 0 heterocycles. The van der Waals surface area contributed by atoms with E-state index < -0.39 is 6.61 Å². The molecule has 136 valence electrons. The zero-order valence-corrected chi connectivity index (χ0v) is 14.2. The van der Waals surface area contributed by atoms with Gasteiger partial charge in [-0.3, -0.25) is 4.79 Å². The summed E-state index contributed by atoms with van der Waals surface area (Å²) in [5.74, 6) is 0.473. The van der Waals surface area contributed by atoms with E-state index in [1.54, 1.807) is 6.07 Å². The highest BCUT2D eigenvalue weighted by atomic mass is 19.3. The van der Waals surface area contributed by atoms with Crippen LogP contribution < -0.4 is 10.1 Å². The van der Waals surface area contributed by atoms with Gasteiger partial charge in [0.25, 0.3) is 6.47 Å². The highest BCUT2D eigenvalue weighted by molar-refractivity contribution is 5.56. The molecule has 0 bridgehead atoms. The molecule has 2 rings (SSSR count). The van der Waals surface area contributed by atoms with Crippen molar-refractivity contribution >= 4 is 12.2 Å². The van der Waals surface area contributed by atoms with Gasteiger partial charge in [0.05, 0.1) is 0 Å². The molecule has 0 atom stereocenters. The highest BCUT2D eigenvalue weighted by Gasteiger charge is 2.06. The number of alkyl halides is 2. The molecule has 0 aromatic heterocycles. The van der Waals surface area contributed by atoms with Gasteiger partial charge in [-0.05, 0) is 43.2 Å². The number of ether oxygens (including phenoxy) is 2. The molecular weight excluding hydrogens is 335 g/mol. The van der Waals surface area contributed by atoms with E-state index in [1.807, 2.05) is 26.1 Å². The lowest BCUT2D eigenvalue weighted by molar-refractivity contribution is -0.160. The molecule has 2 aromatic rings. The fraction of sp³-hybridized carbons (Fsp3) is 0.278. The highest BCUT2D eigenvalue weighted by Crippen LogP contribution is 2.24. The van der Waals surface area contributed by atoms with Gasteiger partial charge in [-0.1, -0.05) is 18.2 Å². The van der Waals surface area contributed by atoms with Crippen molar-refractivity contribution in [3.63, 3.8) is 0 Å². The molecular formula is C18H20F3NO3. The van der Waals surface area contributed by atoms with Crippen molar-refractivity contribution in [2.75, 3.05) is 12.4 Å². The maximum absolute atomic E-state index is 13.0. The van der Waals surface area contributed by atoms with Crippen LogP contribution in [-0.4, -0.2) is 20.1 Å². The second-order valence-electron chi connectivity index (χ2n) is 5.05. The zero-order chi connectivity index (χ0) is 18.8. The van der Waals surface area contributed by atoms with Crippen LogP contribution in [-0.2, 0) is 16.1 Å². The van der Waals surface area contributed by atoms with Crippen LogP contribution in [0.2, 0.25) is 0 Å². The second-order valence-corrected chi connectivity index (χ2v) is 5.05. The maximum Gasteiger partial charge on any atom is 0.389 e. The molecule has 0 fully saturated rings. The van der Waals surface area contributed by atoms with Crippen LogP contribution in [0.4, 0.5) is 18.9 Å². The predicted molar refractivity (Wildman–Crippen MR) is 89.3 cm³/mol.